The van der Waals surface area contributed by atoms with Crippen LogP contribution in [0.4, 0.5) is 0 Å². The topological polar surface area (TPSA) is 54.2 Å². The fourth-order valence-electron chi connectivity index (χ4n) is 3.35. The summed E-state index contributed by atoms with van der Waals surface area (Å²) in [4.78, 5) is 6.93. The molecule has 0 saturated carbocycles. The molecule has 2 atom stereocenters. The molecule has 1 aromatic heterocycles. The van der Waals surface area contributed by atoms with Gasteiger partial charge in [-0.05, 0) is 38.8 Å². The van der Waals surface area contributed by atoms with Crippen molar-refractivity contribution in [3.63, 3.8) is 0 Å². The molecule has 100 valence electrons. The summed E-state index contributed by atoms with van der Waals surface area (Å²) >= 11 is 0. The van der Waals surface area contributed by atoms with Gasteiger partial charge < -0.3 is 9.84 Å². The van der Waals surface area contributed by atoms with Crippen LogP contribution in [0.25, 0.3) is 0 Å². The van der Waals surface area contributed by atoms with Gasteiger partial charge in [-0.2, -0.15) is 4.98 Å². The summed E-state index contributed by atoms with van der Waals surface area (Å²) in [5.74, 6) is 2.34. The zero-order valence-corrected chi connectivity index (χ0v) is 11.2. The third-order valence-electron chi connectivity index (χ3n) is 4.49. The minimum atomic E-state index is 0.574. The molecule has 0 aliphatic carbocycles. The van der Waals surface area contributed by atoms with E-state index in [2.05, 4.69) is 27.3 Å². The Kier molecular flexibility index (Phi) is 3.35. The van der Waals surface area contributed by atoms with Crippen molar-refractivity contribution in [2.24, 2.45) is 5.92 Å². The Bertz CT molecular complexity index is 395. The monoisotopic (exact) mass is 250 g/mol. The molecule has 0 unspecified atom stereocenters. The zero-order chi connectivity index (χ0) is 12.5. The van der Waals surface area contributed by atoms with Crippen LogP contribution in [0.2, 0.25) is 0 Å². The van der Waals surface area contributed by atoms with Gasteiger partial charge in [0.25, 0.3) is 0 Å². The Balaban J connectivity index is 1.59. The summed E-state index contributed by atoms with van der Waals surface area (Å²) in [6.45, 7) is 7.60. The van der Waals surface area contributed by atoms with Crippen LogP contribution < -0.4 is 5.32 Å². The van der Waals surface area contributed by atoms with E-state index in [0.29, 0.717) is 18.6 Å². The van der Waals surface area contributed by atoms with Crippen molar-refractivity contribution in [1.29, 1.82) is 0 Å². The number of piperidine rings is 3. The first-order chi connectivity index (χ1) is 8.78. The number of hydrogen-bond acceptors (Lipinski definition) is 5. The van der Waals surface area contributed by atoms with Crippen molar-refractivity contribution >= 4 is 0 Å². The van der Waals surface area contributed by atoms with Crippen molar-refractivity contribution in [2.45, 2.75) is 51.7 Å². The first-order valence-electron chi connectivity index (χ1n) is 7.07. The first-order valence-corrected chi connectivity index (χ1v) is 7.07. The number of aryl methyl sites for hydroxylation is 1. The van der Waals surface area contributed by atoms with Crippen molar-refractivity contribution in [2.75, 3.05) is 13.1 Å². The molecule has 2 bridgehead atoms. The van der Waals surface area contributed by atoms with Crippen LogP contribution in [0.1, 0.15) is 38.4 Å². The van der Waals surface area contributed by atoms with Crippen molar-refractivity contribution < 1.29 is 4.52 Å². The minimum Gasteiger partial charge on any atom is -0.338 e. The van der Waals surface area contributed by atoms with Gasteiger partial charge in [-0.3, -0.25) is 4.90 Å². The van der Waals surface area contributed by atoms with E-state index in [-0.39, 0.29) is 0 Å². The molecule has 0 radical (unpaired) electrons. The smallest absolute Gasteiger partial charge is 0.240 e. The highest BCUT2D eigenvalue weighted by Crippen LogP contribution is 2.32. The molecule has 3 aliphatic heterocycles. The summed E-state index contributed by atoms with van der Waals surface area (Å²) in [6, 6.07) is 1.20. The number of nitrogens with one attached hydrogen (secondary N) is 1. The van der Waals surface area contributed by atoms with Crippen molar-refractivity contribution in [3.05, 3.63) is 11.7 Å². The zero-order valence-electron chi connectivity index (χ0n) is 11.2. The fourth-order valence-corrected chi connectivity index (χ4v) is 3.35. The van der Waals surface area contributed by atoms with Crippen LogP contribution >= 0.6 is 0 Å². The maximum Gasteiger partial charge on any atom is 0.240 e. The number of rotatable bonds is 4. The SMILES string of the molecule is CCc1noc(CN[C@H]2C3CCN(CC3)[C@@H]2C)n1. The van der Waals surface area contributed by atoms with Gasteiger partial charge >= 0.3 is 0 Å². The Morgan fingerprint density at radius 1 is 1.39 bits per heavy atom. The Labute approximate surface area is 108 Å². The van der Waals surface area contributed by atoms with Gasteiger partial charge in [-0.25, -0.2) is 0 Å². The summed E-state index contributed by atoms with van der Waals surface area (Å²) < 4.78 is 5.22. The van der Waals surface area contributed by atoms with Gasteiger partial charge in [0, 0.05) is 18.5 Å². The molecule has 1 aromatic rings. The lowest BCUT2D eigenvalue weighted by Gasteiger charge is -2.50. The van der Waals surface area contributed by atoms with Gasteiger partial charge in [-0.1, -0.05) is 12.1 Å². The normalized spacial score (nSPS) is 35.0. The largest absolute Gasteiger partial charge is 0.338 e. The molecule has 4 heterocycles. The van der Waals surface area contributed by atoms with Gasteiger partial charge in [0.05, 0.1) is 6.54 Å². The molecular weight excluding hydrogens is 228 g/mol. The molecule has 5 heteroatoms. The van der Waals surface area contributed by atoms with E-state index in [4.69, 9.17) is 4.52 Å². The second-order valence-corrected chi connectivity index (χ2v) is 5.48. The molecule has 3 saturated heterocycles. The van der Waals surface area contributed by atoms with Crippen LogP contribution in [0.3, 0.4) is 0 Å². The van der Waals surface area contributed by atoms with E-state index in [1.807, 2.05) is 6.92 Å². The number of fused-ring (bicyclic) bond motifs is 3. The standard InChI is InChI=1S/C13H22N4O/c1-3-11-15-12(18-16-11)8-14-13-9(2)17-6-4-10(13)5-7-17/h9-10,13-14H,3-8H2,1-2H3/t9-,13-/m1/s1. The molecule has 0 spiro atoms. The number of hydrogen-bond donors (Lipinski definition) is 1. The summed E-state index contributed by atoms with van der Waals surface area (Å²) in [6.07, 6.45) is 3.48. The van der Waals surface area contributed by atoms with Crippen LogP contribution in [0.15, 0.2) is 4.52 Å². The third kappa shape index (κ3) is 2.17. The van der Waals surface area contributed by atoms with Crippen molar-refractivity contribution in [3.8, 4) is 0 Å². The predicted molar refractivity (Wildman–Crippen MR) is 68.1 cm³/mol. The Morgan fingerprint density at radius 2 is 2.17 bits per heavy atom. The molecule has 4 rings (SSSR count). The van der Waals surface area contributed by atoms with E-state index in [1.54, 1.807) is 0 Å². The van der Waals surface area contributed by atoms with Gasteiger partial charge in [0.1, 0.15) is 0 Å². The van der Waals surface area contributed by atoms with E-state index in [9.17, 15) is 0 Å². The molecular formula is C13H22N4O. The summed E-state index contributed by atoms with van der Waals surface area (Å²) in [5, 5.41) is 7.55. The predicted octanol–water partition coefficient (Wildman–Crippen LogP) is 1.20. The molecule has 0 amide bonds. The molecule has 3 fully saturated rings. The molecule has 18 heavy (non-hydrogen) atoms. The van der Waals surface area contributed by atoms with E-state index in [0.717, 1.165) is 24.1 Å². The number of aromatic nitrogens is 2. The van der Waals surface area contributed by atoms with E-state index in [1.165, 1.54) is 25.9 Å². The lowest BCUT2D eigenvalue weighted by Crippen LogP contribution is -2.61. The number of nitrogens with zero attached hydrogens (tertiary/aromatic N) is 3. The van der Waals surface area contributed by atoms with Crippen LogP contribution in [-0.4, -0.2) is 40.2 Å². The van der Waals surface area contributed by atoms with Gasteiger partial charge in [0.15, 0.2) is 5.82 Å². The van der Waals surface area contributed by atoms with Gasteiger partial charge in [-0.15, -0.1) is 0 Å². The second kappa shape index (κ2) is 4.97. The Hall–Kier alpha value is -0.940. The molecule has 0 aromatic carbocycles. The molecule has 5 nitrogen and oxygen atoms in total. The molecule has 1 N–H and O–H groups in total. The summed E-state index contributed by atoms with van der Waals surface area (Å²) in [7, 11) is 0. The van der Waals surface area contributed by atoms with Crippen LogP contribution in [-0.2, 0) is 13.0 Å². The first kappa shape index (κ1) is 12.1. The lowest BCUT2D eigenvalue weighted by molar-refractivity contribution is 0.0205. The quantitative estimate of drug-likeness (QED) is 0.870. The maximum absolute atomic E-state index is 5.22. The van der Waals surface area contributed by atoms with E-state index < -0.39 is 0 Å². The lowest BCUT2D eigenvalue weighted by atomic mass is 9.79. The highest BCUT2D eigenvalue weighted by Gasteiger charge is 2.39. The molecule has 3 aliphatic rings. The highest BCUT2D eigenvalue weighted by molar-refractivity contribution is 4.97. The summed E-state index contributed by atoms with van der Waals surface area (Å²) in [5.41, 5.74) is 0. The van der Waals surface area contributed by atoms with Crippen LogP contribution in [0, 0.1) is 5.92 Å². The van der Waals surface area contributed by atoms with Crippen LogP contribution in [0.5, 0.6) is 0 Å². The Morgan fingerprint density at radius 3 is 2.78 bits per heavy atom. The fraction of sp³-hybridized carbons (Fsp3) is 0.846. The average Bonchev–Trinajstić information content (AvgIpc) is 2.87. The van der Waals surface area contributed by atoms with E-state index >= 15 is 0 Å². The second-order valence-electron chi connectivity index (χ2n) is 5.48. The van der Waals surface area contributed by atoms with Gasteiger partial charge in [0.2, 0.25) is 5.89 Å². The maximum atomic E-state index is 5.22. The minimum absolute atomic E-state index is 0.574. The highest BCUT2D eigenvalue weighted by atomic mass is 16.5. The van der Waals surface area contributed by atoms with Crippen molar-refractivity contribution in [1.82, 2.24) is 20.4 Å². The average molecular weight is 250 g/mol. The third-order valence-corrected chi connectivity index (χ3v) is 4.49.